The van der Waals surface area contributed by atoms with Crippen LogP contribution in [0.15, 0.2) is 42.5 Å². The minimum atomic E-state index is -0.361. The Morgan fingerprint density at radius 3 is 2.27 bits per heavy atom. The van der Waals surface area contributed by atoms with Crippen LogP contribution < -0.4 is 18.9 Å². The van der Waals surface area contributed by atoms with Gasteiger partial charge in [-0.25, -0.2) is 0 Å². The van der Waals surface area contributed by atoms with E-state index >= 15 is 0 Å². The Balaban J connectivity index is 2.05. The molecule has 0 radical (unpaired) electrons. The molecular weight excluding hydrogens is 284 g/mol. The molecule has 116 valence electrons. The van der Waals surface area contributed by atoms with E-state index in [2.05, 4.69) is 0 Å². The molecule has 5 heteroatoms. The second-order valence-corrected chi connectivity index (χ2v) is 4.52. The minimum absolute atomic E-state index is 0.136. The zero-order chi connectivity index (χ0) is 15.9. The van der Waals surface area contributed by atoms with Crippen molar-refractivity contribution in [3.63, 3.8) is 0 Å². The molecule has 2 aromatic rings. The highest BCUT2D eigenvalue weighted by Gasteiger charge is 2.10. The normalized spacial score (nSPS) is 9.95. The molecule has 2 rings (SSSR count). The van der Waals surface area contributed by atoms with Crippen LogP contribution in [-0.4, -0.2) is 27.3 Å². The molecule has 0 saturated carbocycles. The van der Waals surface area contributed by atoms with Gasteiger partial charge in [0.05, 0.1) is 27.8 Å². The van der Waals surface area contributed by atoms with Crippen molar-refractivity contribution in [1.29, 1.82) is 0 Å². The first kappa shape index (κ1) is 15.7. The molecule has 22 heavy (non-hydrogen) atoms. The van der Waals surface area contributed by atoms with Crippen LogP contribution in [0.3, 0.4) is 0 Å². The van der Waals surface area contributed by atoms with Crippen molar-refractivity contribution in [3.8, 4) is 23.0 Å². The van der Waals surface area contributed by atoms with Crippen molar-refractivity contribution in [1.82, 2.24) is 0 Å². The molecule has 0 spiro atoms. The molecule has 0 atom stereocenters. The Morgan fingerprint density at radius 2 is 1.59 bits per heavy atom. The van der Waals surface area contributed by atoms with Crippen molar-refractivity contribution in [3.05, 3.63) is 48.0 Å². The molecule has 2 aromatic carbocycles. The Labute approximate surface area is 129 Å². The highest BCUT2D eigenvalue weighted by molar-refractivity contribution is 5.75. The highest BCUT2D eigenvalue weighted by Crippen LogP contribution is 2.28. The van der Waals surface area contributed by atoms with Gasteiger partial charge in [0.1, 0.15) is 11.5 Å². The quantitative estimate of drug-likeness (QED) is 0.606. The molecular formula is C17H18O5. The number of hydrogen-bond acceptors (Lipinski definition) is 5. The third-order valence-corrected chi connectivity index (χ3v) is 3.07. The van der Waals surface area contributed by atoms with E-state index in [-0.39, 0.29) is 12.4 Å². The van der Waals surface area contributed by atoms with E-state index in [0.29, 0.717) is 23.0 Å². The molecule has 0 aliphatic carbocycles. The maximum absolute atomic E-state index is 12.0. The fourth-order valence-corrected chi connectivity index (χ4v) is 1.99. The van der Waals surface area contributed by atoms with E-state index < -0.39 is 0 Å². The first-order valence-electron chi connectivity index (χ1n) is 6.72. The fourth-order valence-electron chi connectivity index (χ4n) is 1.99. The van der Waals surface area contributed by atoms with Gasteiger partial charge in [-0.3, -0.25) is 4.79 Å². The Bertz CT molecular complexity index is 651. The van der Waals surface area contributed by atoms with Gasteiger partial charge in [0.2, 0.25) is 0 Å². The zero-order valence-corrected chi connectivity index (χ0v) is 12.8. The highest BCUT2D eigenvalue weighted by atomic mass is 16.5. The van der Waals surface area contributed by atoms with Crippen LogP contribution in [0.25, 0.3) is 0 Å². The summed E-state index contributed by atoms with van der Waals surface area (Å²) in [5.41, 5.74) is 0.783. The molecule has 0 fully saturated rings. The van der Waals surface area contributed by atoms with E-state index in [9.17, 15) is 4.79 Å². The summed E-state index contributed by atoms with van der Waals surface area (Å²) in [4.78, 5) is 12.0. The lowest BCUT2D eigenvalue weighted by Gasteiger charge is -2.10. The number of esters is 1. The second kappa shape index (κ2) is 7.36. The summed E-state index contributed by atoms with van der Waals surface area (Å²) >= 11 is 0. The van der Waals surface area contributed by atoms with E-state index in [1.54, 1.807) is 63.8 Å². The van der Waals surface area contributed by atoms with E-state index in [1.165, 1.54) is 0 Å². The van der Waals surface area contributed by atoms with Crippen LogP contribution in [-0.2, 0) is 11.2 Å². The van der Waals surface area contributed by atoms with Gasteiger partial charge in [-0.05, 0) is 29.8 Å². The number of carbonyl (C=O) groups excluding carboxylic acids is 1. The van der Waals surface area contributed by atoms with Crippen LogP contribution in [0, 0.1) is 0 Å². The zero-order valence-electron chi connectivity index (χ0n) is 12.8. The molecule has 5 nitrogen and oxygen atoms in total. The van der Waals surface area contributed by atoms with Gasteiger partial charge < -0.3 is 18.9 Å². The molecule has 0 unspecified atom stereocenters. The molecule has 0 N–H and O–H groups in total. The number of methoxy groups -OCH3 is 3. The van der Waals surface area contributed by atoms with Crippen molar-refractivity contribution in [2.45, 2.75) is 6.42 Å². The van der Waals surface area contributed by atoms with Crippen molar-refractivity contribution in [2.75, 3.05) is 21.3 Å². The van der Waals surface area contributed by atoms with Gasteiger partial charge in [0, 0.05) is 6.07 Å². The summed E-state index contributed by atoms with van der Waals surface area (Å²) < 4.78 is 20.8. The average molecular weight is 302 g/mol. The van der Waals surface area contributed by atoms with Crippen molar-refractivity contribution in [2.24, 2.45) is 0 Å². The third kappa shape index (κ3) is 3.91. The summed E-state index contributed by atoms with van der Waals surface area (Å²) in [5.74, 6) is 1.92. The predicted molar refractivity (Wildman–Crippen MR) is 81.9 cm³/mol. The standard InChI is InChI=1S/C17H18O5/c1-19-13-5-4-6-14(11-13)22-17(18)10-12-7-8-15(20-2)16(9-12)21-3/h4-9,11H,10H2,1-3H3. The molecule has 0 aromatic heterocycles. The van der Waals surface area contributed by atoms with Crippen LogP contribution in [0.1, 0.15) is 5.56 Å². The molecule has 0 saturated heterocycles. The molecule has 0 amide bonds. The summed E-state index contributed by atoms with van der Waals surface area (Å²) in [6, 6.07) is 12.2. The average Bonchev–Trinajstić information content (AvgIpc) is 2.54. The lowest BCUT2D eigenvalue weighted by molar-refractivity contribution is -0.133. The second-order valence-electron chi connectivity index (χ2n) is 4.52. The van der Waals surface area contributed by atoms with Crippen LogP contribution in [0.4, 0.5) is 0 Å². The Hall–Kier alpha value is -2.69. The van der Waals surface area contributed by atoms with E-state index in [4.69, 9.17) is 18.9 Å². The minimum Gasteiger partial charge on any atom is -0.497 e. The lowest BCUT2D eigenvalue weighted by Crippen LogP contribution is -2.11. The fraction of sp³-hybridized carbons (Fsp3) is 0.235. The Morgan fingerprint density at radius 1 is 0.864 bits per heavy atom. The number of rotatable bonds is 6. The number of hydrogen-bond donors (Lipinski definition) is 0. The van der Waals surface area contributed by atoms with E-state index in [0.717, 1.165) is 5.56 Å². The van der Waals surface area contributed by atoms with Crippen LogP contribution in [0.2, 0.25) is 0 Å². The monoisotopic (exact) mass is 302 g/mol. The molecule has 0 aliphatic heterocycles. The number of ether oxygens (including phenoxy) is 4. The van der Waals surface area contributed by atoms with Crippen LogP contribution in [0.5, 0.6) is 23.0 Å². The van der Waals surface area contributed by atoms with Gasteiger partial charge in [-0.2, -0.15) is 0 Å². The van der Waals surface area contributed by atoms with Gasteiger partial charge >= 0.3 is 5.97 Å². The van der Waals surface area contributed by atoms with Crippen molar-refractivity contribution < 1.29 is 23.7 Å². The maximum Gasteiger partial charge on any atom is 0.315 e. The van der Waals surface area contributed by atoms with E-state index in [1.807, 2.05) is 0 Å². The Kier molecular flexibility index (Phi) is 5.25. The summed E-state index contributed by atoms with van der Waals surface area (Å²) in [6.07, 6.45) is 0.136. The van der Waals surface area contributed by atoms with Crippen LogP contribution >= 0.6 is 0 Å². The van der Waals surface area contributed by atoms with Gasteiger partial charge in [-0.1, -0.05) is 12.1 Å². The molecule has 0 bridgehead atoms. The first-order chi connectivity index (χ1) is 10.7. The number of benzene rings is 2. The number of carbonyl (C=O) groups is 1. The maximum atomic E-state index is 12.0. The summed E-state index contributed by atoms with van der Waals surface area (Å²) in [6.45, 7) is 0. The first-order valence-corrected chi connectivity index (χ1v) is 6.72. The van der Waals surface area contributed by atoms with Gasteiger partial charge in [-0.15, -0.1) is 0 Å². The topological polar surface area (TPSA) is 54.0 Å². The predicted octanol–water partition coefficient (Wildman–Crippen LogP) is 2.86. The lowest BCUT2D eigenvalue weighted by atomic mass is 10.1. The molecule has 0 aliphatic rings. The molecule has 0 heterocycles. The largest absolute Gasteiger partial charge is 0.497 e. The SMILES string of the molecule is COc1cccc(OC(=O)Cc2ccc(OC)c(OC)c2)c1. The summed E-state index contributed by atoms with van der Waals surface area (Å²) in [5, 5.41) is 0. The van der Waals surface area contributed by atoms with Crippen molar-refractivity contribution >= 4 is 5.97 Å². The third-order valence-electron chi connectivity index (χ3n) is 3.07. The van der Waals surface area contributed by atoms with Gasteiger partial charge in [0.15, 0.2) is 11.5 Å². The smallest absolute Gasteiger partial charge is 0.315 e. The van der Waals surface area contributed by atoms with Gasteiger partial charge in [0.25, 0.3) is 0 Å². The summed E-state index contributed by atoms with van der Waals surface area (Å²) in [7, 11) is 4.68.